The first-order valence-corrected chi connectivity index (χ1v) is 8.29. The quantitative estimate of drug-likeness (QED) is 0.821. The van der Waals surface area contributed by atoms with E-state index in [-0.39, 0.29) is 23.0 Å². The molecule has 1 N–H and O–H groups in total. The minimum absolute atomic E-state index is 0.0676. The van der Waals surface area contributed by atoms with Crippen LogP contribution in [0.3, 0.4) is 0 Å². The van der Waals surface area contributed by atoms with Crippen LogP contribution in [0.5, 0.6) is 11.5 Å². The van der Waals surface area contributed by atoms with Crippen LogP contribution in [0, 0.1) is 0 Å². The van der Waals surface area contributed by atoms with Gasteiger partial charge in [0.25, 0.3) is 5.91 Å². The number of rotatable bonds is 5. The second-order valence-corrected chi connectivity index (χ2v) is 5.86. The van der Waals surface area contributed by atoms with Crippen LogP contribution in [0.25, 0.3) is 6.08 Å². The molecule has 3 rings (SSSR count). The standard InChI is InChI=1S/C20H18N2O5/c1-3-27-18-10-13(7-8-17(18)23)9-16-12(2)21-22(19(16)24)15-6-4-5-14(11-15)20(25)26/h4-11,23H,3H2,1-2H3,(H,25,26)/p-1/b16-9+. The number of benzene rings is 2. The van der Waals surface area contributed by atoms with E-state index in [1.54, 1.807) is 44.2 Å². The molecule has 1 amide bonds. The van der Waals surface area contributed by atoms with Gasteiger partial charge >= 0.3 is 5.97 Å². The molecular formula is C20H17N2O5-. The molecule has 0 aliphatic carbocycles. The van der Waals surface area contributed by atoms with Gasteiger partial charge in [0, 0.05) is 0 Å². The van der Waals surface area contributed by atoms with E-state index in [2.05, 4.69) is 5.10 Å². The lowest BCUT2D eigenvalue weighted by Crippen LogP contribution is -2.21. The molecule has 27 heavy (non-hydrogen) atoms. The van der Waals surface area contributed by atoms with Gasteiger partial charge in [0.2, 0.25) is 0 Å². The monoisotopic (exact) mass is 365 g/mol. The van der Waals surface area contributed by atoms with Gasteiger partial charge in [-0.1, -0.05) is 23.9 Å². The number of aromatic carboxylic acids is 1. The third-order valence-electron chi connectivity index (χ3n) is 3.98. The van der Waals surface area contributed by atoms with Gasteiger partial charge in [-0.25, -0.2) is 4.79 Å². The molecule has 1 aliphatic rings. The van der Waals surface area contributed by atoms with Crippen LogP contribution < -0.4 is 14.9 Å². The highest BCUT2D eigenvalue weighted by molar-refractivity contribution is 6.32. The second-order valence-electron chi connectivity index (χ2n) is 5.86. The highest BCUT2D eigenvalue weighted by Crippen LogP contribution is 2.28. The van der Waals surface area contributed by atoms with Crippen molar-refractivity contribution < 1.29 is 24.5 Å². The lowest BCUT2D eigenvalue weighted by molar-refractivity contribution is -0.270. The normalized spacial score (nSPS) is 15.2. The summed E-state index contributed by atoms with van der Waals surface area (Å²) in [6.45, 7) is 3.84. The lowest BCUT2D eigenvalue weighted by atomic mass is 10.1. The maximum absolute atomic E-state index is 12.8. The molecule has 0 saturated heterocycles. The summed E-state index contributed by atoms with van der Waals surface area (Å²) in [5.41, 5.74) is 1.92. The fourth-order valence-electron chi connectivity index (χ4n) is 2.68. The van der Waals surface area contributed by atoms with Crippen LogP contribution in [0.2, 0.25) is 0 Å². The third kappa shape index (κ3) is 3.67. The largest absolute Gasteiger partial charge is 0.870 e. The van der Waals surface area contributed by atoms with Crippen LogP contribution in [0.1, 0.15) is 29.8 Å². The molecule has 0 radical (unpaired) electrons. The van der Waals surface area contributed by atoms with Crippen molar-refractivity contribution in [2.24, 2.45) is 5.10 Å². The molecule has 7 nitrogen and oxygen atoms in total. The summed E-state index contributed by atoms with van der Waals surface area (Å²) in [6.07, 6.45) is 1.63. The summed E-state index contributed by atoms with van der Waals surface area (Å²) in [5.74, 6) is -1.47. The summed E-state index contributed by atoms with van der Waals surface area (Å²) in [6, 6.07) is 10.6. The smallest absolute Gasteiger partial charge is 0.335 e. The van der Waals surface area contributed by atoms with E-state index in [9.17, 15) is 14.7 Å². The Morgan fingerprint density at radius 3 is 2.78 bits per heavy atom. The molecule has 2 aromatic carbocycles. The zero-order chi connectivity index (χ0) is 19.6. The lowest BCUT2D eigenvalue weighted by Gasteiger charge is -2.14. The van der Waals surface area contributed by atoms with Crippen LogP contribution in [-0.4, -0.2) is 29.3 Å². The van der Waals surface area contributed by atoms with E-state index in [1.807, 2.05) is 0 Å². The molecule has 0 spiro atoms. The van der Waals surface area contributed by atoms with Crippen molar-refractivity contribution in [1.82, 2.24) is 0 Å². The van der Waals surface area contributed by atoms with Gasteiger partial charge < -0.3 is 14.9 Å². The summed E-state index contributed by atoms with van der Waals surface area (Å²) in [4.78, 5) is 23.9. The van der Waals surface area contributed by atoms with Crippen molar-refractivity contribution in [3.05, 3.63) is 59.2 Å². The number of anilines is 1. The predicted molar refractivity (Wildman–Crippen MR) is 99.0 cm³/mol. The number of hydrogen-bond acceptors (Lipinski definition) is 5. The Kier molecular flexibility index (Phi) is 4.94. The van der Waals surface area contributed by atoms with Gasteiger partial charge in [0.15, 0.2) is 0 Å². The van der Waals surface area contributed by atoms with E-state index in [1.165, 1.54) is 23.2 Å². The highest BCUT2D eigenvalue weighted by Gasteiger charge is 2.29. The first-order chi connectivity index (χ1) is 12.9. The number of hydrazone groups is 1. The average Bonchev–Trinajstić information content (AvgIpc) is 2.93. The van der Waals surface area contributed by atoms with Crippen molar-refractivity contribution in [3.8, 4) is 11.5 Å². The molecule has 0 saturated carbocycles. The minimum atomic E-state index is -1.08. The number of carbonyl (C=O) groups excluding carboxylic acids is 1. The molecule has 138 valence electrons. The second kappa shape index (κ2) is 7.33. The van der Waals surface area contributed by atoms with Gasteiger partial charge in [-0.3, -0.25) is 4.79 Å². The van der Waals surface area contributed by atoms with E-state index in [0.717, 1.165) is 0 Å². The van der Waals surface area contributed by atoms with E-state index < -0.39 is 5.97 Å². The van der Waals surface area contributed by atoms with E-state index >= 15 is 0 Å². The molecule has 0 aromatic heterocycles. The topological polar surface area (TPSA) is 102 Å². The first kappa shape index (κ1) is 18.2. The Morgan fingerprint density at radius 2 is 2.07 bits per heavy atom. The fourth-order valence-corrected chi connectivity index (χ4v) is 2.68. The Labute approximate surface area is 155 Å². The predicted octanol–water partition coefficient (Wildman–Crippen LogP) is 2.66. The highest BCUT2D eigenvalue weighted by atomic mass is 16.5. The summed E-state index contributed by atoms with van der Waals surface area (Å²) >= 11 is 0. The molecule has 0 atom stereocenters. The number of carboxylic acid groups (broad SMARTS) is 1. The number of carbonyl (C=O) groups is 2. The van der Waals surface area contributed by atoms with Gasteiger partial charge in [-0.05, 0) is 49.8 Å². The maximum atomic E-state index is 12.8. The van der Waals surface area contributed by atoms with Crippen molar-refractivity contribution in [2.45, 2.75) is 13.8 Å². The van der Waals surface area contributed by atoms with Crippen molar-refractivity contribution in [3.63, 3.8) is 0 Å². The number of ether oxygens (including phenoxy) is 1. The van der Waals surface area contributed by atoms with Crippen molar-refractivity contribution in [1.29, 1.82) is 0 Å². The molecule has 1 heterocycles. The summed E-state index contributed by atoms with van der Waals surface area (Å²) in [7, 11) is 0. The number of hydrogen-bond donors (Lipinski definition) is 1. The average molecular weight is 365 g/mol. The Morgan fingerprint density at radius 1 is 1.30 bits per heavy atom. The Bertz CT molecular complexity index is 978. The Hall–Kier alpha value is -3.61. The molecule has 2 aromatic rings. The molecule has 0 unspecified atom stereocenters. The third-order valence-corrected chi connectivity index (χ3v) is 3.98. The molecular weight excluding hydrogens is 348 g/mol. The number of carboxylic acids is 1. The van der Waals surface area contributed by atoms with E-state index in [4.69, 9.17) is 9.84 Å². The molecule has 1 aliphatic heterocycles. The van der Waals surface area contributed by atoms with Crippen molar-refractivity contribution in [2.75, 3.05) is 11.6 Å². The van der Waals surface area contributed by atoms with Gasteiger partial charge in [-0.2, -0.15) is 10.1 Å². The molecule has 0 fully saturated rings. The van der Waals surface area contributed by atoms with E-state index in [0.29, 0.717) is 29.1 Å². The van der Waals surface area contributed by atoms with Crippen molar-refractivity contribution >= 4 is 29.4 Å². The van der Waals surface area contributed by atoms with Crippen LogP contribution >= 0.6 is 0 Å². The molecule has 0 bridgehead atoms. The first-order valence-electron chi connectivity index (χ1n) is 8.29. The minimum Gasteiger partial charge on any atom is -0.870 e. The van der Waals surface area contributed by atoms with Gasteiger partial charge in [0.05, 0.1) is 29.1 Å². The van der Waals surface area contributed by atoms with Crippen LogP contribution in [-0.2, 0) is 4.79 Å². The number of nitrogens with zero attached hydrogens (tertiary/aromatic N) is 2. The fraction of sp³-hybridized carbons (Fsp3) is 0.150. The Balaban J connectivity index is 1.94. The number of amides is 1. The maximum Gasteiger partial charge on any atom is 0.335 e. The van der Waals surface area contributed by atoms with Crippen LogP contribution in [0.4, 0.5) is 5.69 Å². The molecule has 7 heteroatoms. The van der Waals surface area contributed by atoms with Gasteiger partial charge in [-0.15, -0.1) is 0 Å². The van der Waals surface area contributed by atoms with Gasteiger partial charge in [0.1, 0.15) is 5.75 Å². The zero-order valence-electron chi connectivity index (χ0n) is 14.8. The summed E-state index contributed by atoms with van der Waals surface area (Å²) in [5, 5.41) is 26.3. The van der Waals surface area contributed by atoms with Crippen LogP contribution in [0.15, 0.2) is 53.1 Å². The SMILES string of the molecule is CCOc1cc(/C=C2/C(=O)N(c3cccc(C(=O)O)c3)N=C2C)ccc1[O-]. The summed E-state index contributed by atoms with van der Waals surface area (Å²) < 4.78 is 5.30. The zero-order valence-corrected chi connectivity index (χ0v) is 14.8.